The number of nitrogen functional groups attached to an aromatic ring is 1. The quantitative estimate of drug-likeness (QED) is 0.719. The number of rotatable bonds is 3. The summed E-state index contributed by atoms with van der Waals surface area (Å²) in [5.74, 6) is -1.30. The van der Waals surface area contributed by atoms with Gasteiger partial charge in [0.2, 0.25) is 0 Å². The second-order valence-corrected chi connectivity index (χ2v) is 7.97. The zero-order chi connectivity index (χ0) is 17.5. The first kappa shape index (κ1) is 17.2. The summed E-state index contributed by atoms with van der Waals surface area (Å²) in [6.45, 7) is 1.87. The van der Waals surface area contributed by atoms with Crippen LogP contribution in [-0.4, -0.2) is 21.2 Å². The Morgan fingerprint density at radius 3 is 2.83 bits per heavy atom. The van der Waals surface area contributed by atoms with Crippen molar-refractivity contribution in [1.29, 1.82) is 0 Å². The van der Waals surface area contributed by atoms with E-state index < -0.39 is 17.5 Å². The van der Waals surface area contributed by atoms with Crippen molar-refractivity contribution in [3.63, 3.8) is 0 Å². The van der Waals surface area contributed by atoms with E-state index in [2.05, 4.69) is 4.98 Å². The molecular weight excluding hydrogens is 348 g/mol. The lowest BCUT2D eigenvalue weighted by Crippen LogP contribution is -2.38. The number of nitrogens with zero attached hydrogens (tertiary/aromatic N) is 1. The molecule has 4 N–H and O–H groups in total. The number of hydrogen-bond donors (Lipinski definition) is 3. The molecule has 3 rings (SSSR count). The van der Waals surface area contributed by atoms with Gasteiger partial charge in [-0.05, 0) is 48.9 Å². The van der Waals surface area contributed by atoms with Crippen molar-refractivity contribution in [2.45, 2.75) is 31.8 Å². The van der Waals surface area contributed by atoms with Gasteiger partial charge in [-0.1, -0.05) is 18.5 Å². The number of thiazole rings is 1. The summed E-state index contributed by atoms with van der Waals surface area (Å²) in [5.41, 5.74) is 6.19. The molecule has 5 nitrogen and oxygen atoms in total. The van der Waals surface area contributed by atoms with Gasteiger partial charge in [-0.25, -0.2) is 4.98 Å². The molecule has 7 heteroatoms. The van der Waals surface area contributed by atoms with Crippen molar-refractivity contribution in [2.75, 3.05) is 5.73 Å². The zero-order valence-corrected chi connectivity index (χ0v) is 14.8. The van der Waals surface area contributed by atoms with E-state index in [1.54, 1.807) is 12.3 Å². The van der Waals surface area contributed by atoms with Crippen LogP contribution < -0.4 is 5.73 Å². The molecule has 1 aliphatic carbocycles. The number of aliphatic hydroxyl groups is 1. The predicted molar refractivity (Wildman–Crippen MR) is 95.0 cm³/mol. The van der Waals surface area contributed by atoms with Crippen LogP contribution in [0.5, 0.6) is 0 Å². The molecule has 2 unspecified atom stereocenters. The van der Waals surface area contributed by atoms with Crippen LogP contribution in [0.1, 0.15) is 31.2 Å². The van der Waals surface area contributed by atoms with Crippen molar-refractivity contribution >= 4 is 34.6 Å². The van der Waals surface area contributed by atoms with Gasteiger partial charge in [0.05, 0.1) is 10.8 Å². The van der Waals surface area contributed by atoms with Crippen LogP contribution in [0.4, 0.5) is 5.69 Å². The van der Waals surface area contributed by atoms with E-state index in [9.17, 15) is 15.0 Å². The van der Waals surface area contributed by atoms with Crippen LogP contribution in [0, 0.1) is 11.8 Å². The molecule has 1 saturated carbocycles. The maximum absolute atomic E-state index is 11.2. The van der Waals surface area contributed by atoms with Crippen LogP contribution >= 0.6 is 22.9 Å². The topological polar surface area (TPSA) is 96.4 Å². The smallest absolute Gasteiger partial charge is 0.306 e. The Morgan fingerprint density at radius 1 is 1.46 bits per heavy atom. The Kier molecular flexibility index (Phi) is 4.55. The minimum Gasteiger partial charge on any atom is -0.481 e. The second-order valence-electron chi connectivity index (χ2n) is 6.50. The van der Waals surface area contributed by atoms with E-state index in [1.165, 1.54) is 11.3 Å². The molecule has 1 heterocycles. The highest BCUT2D eigenvalue weighted by molar-refractivity contribution is 7.15. The van der Waals surface area contributed by atoms with Gasteiger partial charge >= 0.3 is 5.97 Å². The van der Waals surface area contributed by atoms with E-state index in [0.29, 0.717) is 35.0 Å². The van der Waals surface area contributed by atoms with Crippen molar-refractivity contribution in [2.24, 2.45) is 11.8 Å². The molecule has 2 aromatic rings. The number of halogens is 1. The maximum Gasteiger partial charge on any atom is 0.306 e. The predicted octanol–water partition coefficient (Wildman–Crippen LogP) is 3.75. The third-order valence-corrected chi connectivity index (χ3v) is 6.10. The monoisotopic (exact) mass is 366 g/mol. The number of hydrogen-bond acceptors (Lipinski definition) is 5. The lowest BCUT2D eigenvalue weighted by molar-refractivity contribution is -0.148. The summed E-state index contributed by atoms with van der Waals surface area (Å²) in [6.07, 6.45) is 2.95. The highest BCUT2D eigenvalue weighted by Crippen LogP contribution is 2.45. The molecular formula is C17H19ClN2O3S. The molecule has 0 saturated heterocycles. The average molecular weight is 367 g/mol. The van der Waals surface area contributed by atoms with E-state index in [0.717, 1.165) is 10.4 Å². The molecule has 3 atom stereocenters. The number of anilines is 1. The van der Waals surface area contributed by atoms with E-state index in [1.807, 2.05) is 19.1 Å². The minimum atomic E-state index is -1.07. The van der Waals surface area contributed by atoms with Crippen molar-refractivity contribution in [3.05, 3.63) is 34.4 Å². The van der Waals surface area contributed by atoms with Crippen LogP contribution in [0.2, 0.25) is 5.02 Å². The molecule has 0 aliphatic heterocycles. The van der Waals surface area contributed by atoms with Gasteiger partial charge in [-0.3, -0.25) is 4.79 Å². The van der Waals surface area contributed by atoms with Crippen molar-refractivity contribution in [1.82, 2.24) is 4.98 Å². The molecule has 24 heavy (non-hydrogen) atoms. The first-order valence-corrected chi connectivity index (χ1v) is 8.96. The highest BCUT2D eigenvalue weighted by Gasteiger charge is 2.43. The number of carboxylic acid groups (broad SMARTS) is 1. The summed E-state index contributed by atoms with van der Waals surface area (Å²) < 4.78 is 0. The van der Waals surface area contributed by atoms with Crippen LogP contribution in [0.3, 0.4) is 0 Å². The maximum atomic E-state index is 11.2. The molecule has 128 valence electrons. The summed E-state index contributed by atoms with van der Waals surface area (Å²) in [7, 11) is 0. The molecule has 0 bridgehead atoms. The Hall–Kier alpha value is -1.63. The van der Waals surface area contributed by atoms with Crippen LogP contribution in [0.15, 0.2) is 24.4 Å². The number of nitrogens with two attached hydrogens (primary N) is 1. The molecule has 0 amide bonds. The number of aromatic nitrogens is 1. The first-order chi connectivity index (χ1) is 11.3. The summed E-state index contributed by atoms with van der Waals surface area (Å²) in [6, 6.07) is 5.30. The third kappa shape index (κ3) is 3.27. The van der Waals surface area contributed by atoms with Crippen molar-refractivity contribution in [3.8, 4) is 10.4 Å². The van der Waals surface area contributed by atoms with Gasteiger partial charge in [0.25, 0.3) is 0 Å². The number of aliphatic carboxylic acids is 1. The fourth-order valence-corrected chi connectivity index (χ4v) is 4.67. The largest absolute Gasteiger partial charge is 0.481 e. The number of benzene rings is 1. The van der Waals surface area contributed by atoms with E-state index in [-0.39, 0.29) is 5.92 Å². The molecule has 1 aliphatic rings. The average Bonchev–Trinajstić information content (AvgIpc) is 2.96. The summed E-state index contributed by atoms with van der Waals surface area (Å²) in [5, 5.41) is 21.4. The fourth-order valence-electron chi connectivity index (χ4n) is 3.39. The van der Waals surface area contributed by atoms with E-state index >= 15 is 0 Å². The van der Waals surface area contributed by atoms with Gasteiger partial charge in [0, 0.05) is 16.9 Å². The lowest BCUT2D eigenvalue weighted by atomic mass is 9.72. The third-order valence-electron chi connectivity index (χ3n) is 4.64. The first-order valence-electron chi connectivity index (χ1n) is 7.76. The minimum absolute atomic E-state index is 0.101. The summed E-state index contributed by atoms with van der Waals surface area (Å²) in [4.78, 5) is 16.5. The number of carboxylic acids is 1. The van der Waals surface area contributed by atoms with Gasteiger partial charge in [-0.15, -0.1) is 11.3 Å². The standard InChI is InChI=1S/C17H19ClN2O3S/c1-9-7-17(23,3-2-13(9)15(21)22)16-20-8-14(24-16)10-4-11(18)6-12(19)5-10/h4-6,8-9,13,23H,2-3,7,19H2,1H3,(H,21,22)/t9?,13?,17-/m0/s1. The van der Waals surface area contributed by atoms with Crippen molar-refractivity contribution < 1.29 is 15.0 Å². The van der Waals surface area contributed by atoms with E-state index in [4.69, 9.17) is 17.3 Å². The zero-order valence-electron chi connectivity index (χ0n) is 13.2. The van der Waals surface area contributed by atoms with Gasteiger partial charge in [-0.2, -0.15) is 0 Å². The lowest BCUT2D eigenvalue weighted by Gasteiger charge is -2.37. The number of carbonyl (C=O) groups is 1. The van der Waals surface area contributed by atoms with Gasteiger partial charge < -0.3 is 15.9 Å². The molecule has 0 radical (unpaired) electrons. The Balaban J connectivity index is 1.86. The van der Waals surface area contributed by atoms with Gasteiger partial charge in [0.15, 0.2) is 0 Å². The fraction of sp³-hybridized carbons (Fsp3) is 0.412. The Bertz CT molecular complexity index is 759. The normalized spacial score (nSPS) is 27.1. The van der Waals surface area contributed by atoms with Crippen LogP contribution in [-0.2, 0) is 10.4 Å². The SMILES string of the molecule is CC1C[C@](O)(c2ncc(-c3cc(N)cc(Cl)c3)s2)CCC1C(=O)O. The molecule has 0 spiro atoms. The Labute approximate surface area is 149 Å². The molecule has 1 aromatic carbocycles. The highest BCUT2D eigenvalue weighted by atomic mass is 35.5. The Morgan fingerprint density at radius 2 is 2.21 bits per heavy atom. The summed E-state index contributed by atoms with van der Waals surface area (Å²) >= 11 is 7.44. The molecule has 1 fully saturated rings. The van der Waals surface area contributed by atoms with Crippen LogP contribution in [0.25, 0.3) is 10.4 Å². The molecule has 1 aromatic heterocycles. The second kappa shape index (κ2) is 6.35. The van der Waals surface area contributed by atoms with Gasteiger partial charge in [0.1, 0.15) is 10.6 Å².